The average molecular weight is 264 g/mol. The lowest BCUT2D eigenvalue weighted by molar-refractivity contribution is 0.333. The summed E-state index contributed by atoms with van der Waals surface area (Å²) in [7, 11) is 0. The van der Waals surface area contributed by atoms with Crippen molar-refractivity contribution in [3.63, 3.8) is 0 Å². The van der Waals surface area contributed by atoms with Crippen LogP contribution in [0.4, 0.5) is 0 Å². The summed E-state index contributed by atoms with van der Waals surface area (Å²) in [5, 5.41) is 4.09. The minimum atomic E-state index is -0.304. The summed E-state index contributed by atoms with van der Waals surface area (Å²) in [5.41, 5.74) is 1.82. The Hall–Kier alpha value is -2.42. The van der Waals surface area contributed by atoms with Gasteiger partial charge in [0.05, 0.1) is 5.41 Å². The van der Waals surface area contributed by atoms with Gasteiger partial charge in [-0.1, -0.05) is 65.8 Å². The summed E-state index contributed by atoms with van der Waals surface area (Å²) in [6, 6.07) is 20.0. The van der Waals surface area contributed by atoms with Gasteiger partial charge >= 0.3 is 0 Å². The van der Waals surface area contributed by atoms with Gasteiger partial charge in [0, 0.05) is 5.56 Å². The van der Waals surface area contributed by atoms with Gasteiger partial charge in [0.1, 0.15) is 0 Å². The highest BCUT2D eigenvalue weighted by atomic mass is 16.5. The van der Waals surface area contributed by atoms with E-state index in [0.717, 1.165) is 11.1 Å². The van der Waals surface area contributed by atoms with Crippen LogP contribution in [0.1, 0.15) is 25.3 Å². The molecule has 0 fully saturated rings. The highest BCUT2D eigenvalue weighted by Gasteiger charge is 2.29. The second-order valence-electron chi connectivity index (χ2n) is 5.28. The maximum Gasteiger partial charge on any atom is 0.237 e. The van der Waals surface area contributed by atoms with Crippen LogP contribution in [-0.2, 0) is 5.41 Å². The van der Waals surface area contributed by atoms with E-state index in [1.54, 1.807) is 0 Å². The van der Waals surface area contributed by atoms with E-state index >= 15 is 0 Å². The Morgan fingerprint density at radius 1 is 0.850 bits per heavy atom. The van der Waals surface area contributed by atoms with Crippen molar-refractivity contribution in [2.45, 2.75) is 19.3 Å². The fraction of sp³-hybridized carbons (Fsp3) is 0.176. The predicted molar refractivity (Wildman–Crippen MR) is 78.3 cm³/mol. The molecule has 0 saturated heterocycles. The maximum absolute atomic E-state index is 5.48. The molecule has 100 valence electrons. The SMILES string of the molecule is CC(C)(c1ccccc1)c1nc(-c2ccccc2)no1. The molecular formula is C17H16N2O. The van der Waals surface area contributed by atoms with E-state index in [0.29, 0.717) is 11.7 Å². The molecule has 1 aromatic heterocycles. The molecule has 0 radical (unpaired) electrons. The van der Waals surface area contributed by atoms with Gasteiger partial charge < -0.3 is 4.52 Å². The van der Waals surface area contributed by atoms with Gasteiger partial charge in [0.15, 0.2) is 0 Å². The summed E-state index contributed by atoms with van der Waals surface area (Å²) in [6.07, 6.45) is 0. The van der Waals surface area contributed by atoms with E-state index < -0.39 is 0 Å². The van der Waals surface area contributed by atoms with E-state index in [1.807, 2.05) is 48.5 Å². The van der Waals surface area contributed by atoms with E-state index in [-0.39, 0.29) is 5.41 Å². The lowest BCUT2D eigenvalue weighted by Gasteiger charge is -2.20. The molecule has 0 amide bonds. The third-order valence-corrected chi connectivity index (χ3v) is 3.49. The van der Waals surface area contributed by atoms with Crippen LogP contribution < -0.4 is 0 Å². The van der Waals surface area contributed by atoms with E-state index in [2.05, 4.69) is 36.1 Å². The first-order valence-corrected chi connectivity index (χ1v) is 6.63. The van der Waals surface area contributed by atoms with Crippen LogP contribution in [0, 0.1) is 0 Å². The smallest absolute Gasteiger partial charge is 0.237 e. The van der Waals surface area contributed by atoms with Gasteiger partial charge in [0.2, 0.25) is 11.7 Å². The van der Waals surface area contributed by atoms with Crippen molar-refractivity contribution in [1.82, 2.24) is 10.1 Å². The molecule has 0 aliphatic rings. The molecular weight excluding hydrogens is 248 g/mol. The first-order valence-electron chi connectivity index (χ1n) is 6.63. The standard InChI is InChI=1S/C17H16N2O/c1-17(2,14-11-7-4-8-12-14)16-18-15(19-20-16)13-9-5-3-6-10-13/h3-12H,1-2H3. The fourth-order valence-corrected chi connectivity index (χ4v) is 2.16. The molecule has 3 aromatic rings. The minimum absolute atomic E-state index is 0.304. The van der Waals surface area contributed by atoms with Crippen LogP contribution in [0.15, 0.2) is 65.2 Å². The van der Waals surface area contributed by atoms with Gasteiger partial charge in [-0.05, 0) is 19.4 Å². The number of nitrogens with zero attached hydrogens (tertiary/aromatic N) is 2. The highest BCUT2D eigenvalue weighted by molar-refractivity contribution is 5.53. The van der Waals surface area contributed by atoms with E-state index in [1.165, 1.54) is 0 Å². The van der Waals surface area contributed by atoms with E-state index in [4.69, 9.17) is 4.52 Å². The zero-order valence-electron chi connectivity index (χ0n) is 11.6. The summed E-state index contributed by atoms with van der Waals surface area (Å²) < 4.78 is 5.48. The van der Waals surface area contributed by atoms with E-state index in [9.17, 15) is 0 Å². The number of aromatic nitrogens is 2. The molecule has 0 atom stereocenters. The van der Waals surface area contributed by atoms with Crippen molar-refractivity contribution >= 4 is 0 Å². The Kier molecular flexibility index (Phi) is 3.11. The topological polar surface area (TPSA) is 38.9 Å². The van der Waals surface area contributed by atoms with Crippen LogP contribution >= 0.6 is 0 Å². The number of rotatable bonds is 3. The Morgan fingerprint density at radius 3 is 2.10 bits per heavy atom. The van der Waals surface area contributed by atoms with Crippen LogP contribution in [0.25, 0.3) is 11.4 Å². The average Bonchev–Trinajstić information content (AvgIpc) is 3.00. The summed E-state index contributed by atoms with van der Waals surface area (Å²) in [6.45, 7) is 4.18. The molecule has 0 N–H and O–H groups in total. The van der Waals surface area contributed by atoms with Gasteiger partial charge in [-0.15, -0.1) is 0 Å². The molecule has 0 spiro atoms. The predicted octanol–water partition coefficient (Wildman–Crippen LogP) is 4.06. The molecule has 1 heterocycles. The highest BCUT2D eigenvalue weighted by Crippen LogP contribution is 2.31. The van der Waals surface area contributed by atoms with Crippen LogP contribution in [0.2, 0.25) is 0 Å². The minimum Gasteiger partial charge on any atom is -0.338 e. The van der Waals surface area contributed by atoms with Crippen molar-refractivity contribution in [3.8, 4) is 11.4 Å². The first kappa shape index (κ1) is 12.6. The van der Waals surface area contributed by atoms with Crippen molar-refractivity contribution in [3.05, 3.63) is 72.1 Å². The molecule has 0 aliphatic carbocycles. The summed E-state index contributed by atoms with van der Waals surface area (Å²) in [5.74, 6) is 1.26. The van der Waals surface area contributed by atoms with Crippen LogP contribution in [0.5, 0.6) is 0 Å². The molecule has 2 aromatic carbocycles. The molecule has 0 bridgehead atoms. The van der Waals surface area contributed by atoms with Gasteiger partial charge in [-0.3, -0.25) is 0 Å². The molecule has 0 unspecified atom stereocenters. The Bertz CT molecular complexity index is 687. The van der Waals surface area contributed by atoms with Crippen LogP contribution in [0.3, 0.4) is 0 Å². The molecule has 0 saturated carbocycles. The van der Waals surface area contributed by atoms with Gasteiger partial charge in [-0.2, -0.15) is 4.98 Å². The molecule has 3 nitrogen and oxygen atoms in total. The fourth-order valence-electron chi connectivity index (χ4n) is 2.16. The van der Waals surface area contributed by atoms with Crippen LogP contribution in [-0.4, -0.2) is 10.1 Å². The zero-order chi connectivity index (χ0) is 14.0. The number of hydrogen-bond acceptors (Lipinski definition) is 3. The maximum atomic E-state index is 5.48. The summed E-state index contributed by atoms with van der Waals surface area (Å²) >= 11 is 0. The van der Waals surface area contributed by atoms with Crippen molar-refractivity contribution in [2.24, 2.45) is 0 Å². The van der Waals surface area contributed by atoms with Crippen molar-refractivity contribution < 1.29 is 4.52 Å². The van der Waals surface area contributed by atoms with Gasteiger partial charge in [0.25, 0.3) is 0 Å². The lowest BCUT2D eigenvalue weighted by Crippen LogP contribution is -2.19. The summed E-state index contributed by atoms with van der Waals surface area (Å²) in [4.78, 5) is 4.55. The van der Waals surface area contributed by atoms with Crippen molar-refractivity contribution in [1.29, 1.82) is 0 Å². The largest absolute Gasteiger partial charge is 0.338 e. The third kappa shape index (κ3) is 2.23. The Morgan fingerprint density at radius 2 is 1.45 bits per heavy atom. The normalized spacial score (nSPS) is 11.5. The Labute approximate surface area is 118 Å². The lowest BCUT2D eigenvalue weighted by atomic mass is 9.84. The molecule has 0 aliphatic heterocycles. The number of benzene rings is 2. The molecule has 3 rings (SSSR count). The van der Waals surface area contributed by atoms with Crippen molar-refractivity contribution in [2.75, 3.05) is 0 Å². The zero-order valence-corrected chi connectivity index (χ0v) is 11.6. The second-order valence-corrected chi connectivity index (χ2v) is 5.28. The Balaban J connectivity index is 1.98. The second kappa shape index (κ2) is 4.93. The third-order valence-electron chi connectivity index (χ3n) is 3.49. The number of hydrogen-bond donors (Lipinski definition) is 0. The molecule has 20 heavy (non-hydrogen) atoms. The molecule has 3 heteroatoms. The first-order chi connectivity index (χ1) is 9.68. The monoisotopic (exact) mass is 264 g/mol. The quantitative estimate of drug-likeness (QED) is 0.716. The van der Waals surface area contributed by atoms with Gasteiger partial charge in [-0.25, -0.2) is 0 Å².